The van der Waals surface area contributed by atoms with Crippen LogP contribution in [0.15, 0.2) is 0 Å². The van der Waals surface area contributed by atoms with Crippen molar-refractivity contribution in [2.45, 2.75) is 91.6 Å². The molecule has 7 N–H and O–H groups in total. The maximum Gasteiger partial charge on any atom is 0.326 e. The van der Waals surface area contributed by atoms with Crippen molar-refractivity contribution in [2.24, 2.45) is 23.5 Å². The van der Waals surface area contributed by atoms with Gasteiger partial charge in [-0.05, 0) is 31.1 Å². The monoisotopic (exact) mass is 444 g/mol. The molecule has 31 heavy (non-hydrogen) atoms. The topological polar surface area (TPSA) is 171 Å². The summed E-state index contributed by atoms with van der Waals surface area (Å²) in [5.41, 5.74) is 5.80. The Balaban J connectivity index is 5.50. The van der Waals surface area contributed by atoms with Crippen LogP contribution in [-0.4, -0.2) is 64.2 Å². The SMILES string of the molecule is CCC(C)C(NC(=O)C(CC(C)C)NC(=O)C(NC(=O)C(N)C(C)C)C(C)O)C(=O)O. The summed E-state index contributed by atoms with van der Waals surface area (Å²) in [5.74, 6) is -3.61. The quantitative estimate of drug-likeness (QED) is 0.232. The summed E-state index contributed by atoms with van der Waals surface area (Å²) < 4.78 is 0. The van der Waals surface area contributed by atoms with Crippen molar-refractivity contribution in [2.75, 3.05) is 0 Å². The predicted octanol–water partition coefficient (Wildman–Crippen LogP) is -0.0183. The second-order valence-corrected chi connectivity index (χ2v) is 8.90. The first-order chi connectivity index (χ1) is 14.2. The van der Waals surface area contributed by atoms with E-state index in [9.17, 15) is 29.4 Å². The minimum atomic E-state index is -1.32. The van der Waals surface area contributed by atoms with Gasteiger partial charge in [-0.25, -0.2) is 4.79 Å². The molecule has 0 fully saturated rings. The molecule has 6 atom stereocenters. The first-order valence-electron chi connectivity index (χ1n) is 10.8. The number of amides is 3. The minimum absolute atomic E-state index is 0.0110. The highest BCUT2D eigenvalue weighted by atomic mass is 16.4. The highest BCUT2D eigenvalue weighted by Crippen LogP contribution is 2.11. The lowest BCUT2D eigenvalue weighted by Crippen LogP contribution is -2.60. The van der Waals surface area contributed by atoms with Crippen molar-refractivity contribution in [3.8, 4) is 0 Å². The number of carbonyl (C=O) groups is 4. The second-order valence-electron chi connectivity index (χ2n) is 8.90. The van der Waals surface area contributed by atoms with Crippen molar-refractivity contribution in [1.82, 2.24) is 16.0 Å². The van der Waals surface area contributed by atoms with Gasteiger partial charge in [0.05, 0.1) is 12.1 Å². The number of carboxylic acid groups (broad SMARTS) is 1. The van der Waals surface area contributed by atoms with E-state index in [0.29, 0.717) is 6.42 Å². The van der Waals surface area contributed by atoms with E-state index in [2.05, 4.69) is 16.0 Å². The Kier molecular flexibility index (Phi) is 12.3. The van der Waals surface area contributed by atoms with Crippen LogP contribution in [0.5, 0.6) is 0 Å². The molecule has 10 heteroatoms. The van der Waals surface area contributed by atoms with Gasteiger partial charge in [0, 0.05) is 0 Å². The van der Waals surface area contributed by atoms with Crippen LogP contribution in [0.25, 0.3) is 0 Å². The zero-order valence-corrected chi connectivity index (χ0v) is 19.6. The van der Waals surface area contributed by atoms with Crippen molar-refractivity contribution in [3.63, 3.8) is 0 Å². The third kappa shape index (κ3) is 9.65. The molecule has 0 aromatic carbocycles. The Labute approximate surface area is 184 Å². The minimum Gasteiger partial charge on any atom is -0.480 e. The molecule has 3 amide bonds. The lowest BCUT2D eigenvalue weighted by molar-refractivity contribution is -0.144. The summed E-state index contributed by atoms with van der Waals surface area (Å²) in [6.07, 6.45) is -0.445. The van der Waals surface area contributed by atoms with Crippen molar-refractivity contribution in [3.05, 3.63) is 0 Å². The van der Waals surface area contributed by atoms with E-state index in [1.54, 1.807) is 20.8 Å². The number of hydrogen-bond acceptors (Lipinski definition) is 6. The van der Waals surface area contributed by atoms with Gasteiger partial charge in [-0.15, -0.1) is 0 Å². The Morgan fingerprint density at radius 1 is 0.839 bits per heavy atom. The summed E-state index contributed by atoms with van der Waals surface area (Å²) in [4.78, 5) is 49.4. The Morgan fingerprint density at radius 2 is 1.35 bits per heavy atom. The molecule has 0 aromatic rings. The first-order valence-corrected chi connectivity index (χ1v) is 10.8. The third-order valence-electron chi connectivity index (χ3n) is 5.20. The smallest absolute Gasteiger partial charge is 0.326 e. The number of nitrogens with one attached hydrogen (secondary N) is 3. The summed E-state index contributed by atoms with van der Waals surface area (Å²) in [6, 6.07) is -4.31. The standard InChI is InChI=1S/C21H40N4O6/c1-8-12(6)16(21(30)31)24-18(27)14(9-10(2)3)23-20(29)17(13(7)26)25-19(28)15(22)11(4)5/h10-17,26H,8-9,22H2,1-7H3,(H,23,29)(H,24,27)(H,25,28)(H,30,31). The fraction of sp³-hybridized carbons (Fsp3) is 0.810. The van der Waals surface area contributed by atoms with Gasteiger partial charge < -0.3 is 31.9 Å². The highest BCUT2D eigenvalue weighted by Gasteiger charge is 2.34. The Morgan fingerprint density at radius 3 is 1.74 bits per heavy atom. The molecule has 0 aliphatic carbocycles. The average molecular weight is 445 g/mol. The molecule has 0 heterocycles. The molecule has 0 saturated carbocycles. The number of aliphatic hydroxyl groups excluding tert-OH is 1. The van der Waals surface area contributed by atoms with E-state index in [1.807, 2.05) is 20.8 Å². The molecule has 0 rings (SSSR count). The zero-order valence-electron chi connectivity index (χ0n) is 19.6. The number of hydrogen-bond donors (Lipinski definition) is 6. The predicted molar refractivity (Wildman–Crippen MR) is 117 cm³/mol. The maximum absolute atomic E-state index is 12.8. The highest BCUT2D eigenvalue weighted by molar-refractivity contribution is 5.94. The van der Waals surface area contributed by atoms with E-state index < -0.39 is 54.0 Å². The fourth-order valence-corrected chi connectivity index (χ4v) is 2.86. The Hall–Kier alpha value is -2.20. The number of carbonyl (C=O) groups excluding carboxylic acids is 3. The van der Waals surface area contributed by atoms with Gasteiger partial charge in [-0.3, -0.25) is 14.4 Å². The van der Waals surface area contributed by atoms with E-state index in [1.165, 1.54) is 6.92 Å². The summed E-state index contributed by atoms with van der Waals surface area (Å²) in [6.45, 7) is 12.1. The largest absolute Gasteiger partial charge is 0.480 e. The van der Waals surface area contributed by atoms with Crippen LogP contribution >= 0.6 is 0 Å². The van der Waals surface area contributed by atoms with E-state index in [4.69, 9.17) is 5.73 Å². The Bertz CT molecular complexity index is 623. The normalized spacial score (nSPS) is 17.3. The average Bonchev–Trinajstić information content (AvgIpc) is 2.66. The zero-order chi connectivity index (χ0) is 24.5. The molecule has 0 saturated heterocycles. The van der Waals surface area contributed by atoms with Gasteiger partial charge in [0.15, 0.2) is 0 Å². The van der Waals surface area contributed by atoms with Gasteiger partial charge in [0.25, 0.3) is 0 Å². The fourth-order valence-electron chi connectivity index (χ4n) is 2.86. The van der Waals surface area contributed by atoms with Crippen LogP contribution in [0, 0.1) is 17.8 Å². The van der Waals surface area contributed by atoms with Crippen LogP contribution < -0.4 is 21.7 Å². The number of nitrogens with two attached hydrogens (primary N) is 1. The lowest BCUT2D eigenvalue weighted by Gasteiger charge is -2.28. The van der Waals surface area contributed by atoms with Gasteiger partial charge in [0.1, 0.15) is 18.1 Å². The molecule has 180 valence electrons. The van der Waals surface area contributed by atoms with Gasteiger partial charge in [0.2, 0.25) is 17.7 Å². The number of aliphatic carboxylic acids is 1. The molecule has 0 bridgehead atoms. The van der Waals surface area contributed by atoms with Crippen LogP contribution in [0.1, 0.15) is 61.3 Å². The second kappa shape index (κ2) is 13.3. The van der Waals surface area contributed by atoms with Crippen LogP contribution in [-0.2, 0) is 19.2 Å². The first kappa shape index (κ1) is 28.8. The van der Waals surface area contributed by atoms with Crippen molar-refractivity contribution < 1.29 is 29.4 Å². The number of carboxylic acids is 1. The van der Waals surface area contributed by atoms with E-state index >= 15 is 0 Å². The van der Waals surface area contributed by atoms with E-state index in [0.717, 1.165) is 0 Å². The van der Waals surface area contributed by atoms with Crippen LogP contribution in [0.3, 0.4) is 0 Å². The van der Waals surface area contributed by atoms with Crippen molar-refractivity contribution in [1.29, 1.82) is 0 Å². The van der Waals surface area contributed by atoms with Gasteiger partial charge in [-0.1, -0.05) is 48.0 Å². The molecule has 0 spiro atoms. The molecule has 0 aliphatic heterocycles. The molecular formula is C21H40N4O6. The maximum atomic E-state index is 12.8. The molecular weight excluding hydrogens is 404 g/mol. The number of rotatable bonds is 13. The lowest BCUT2D eigenvalue weighted by atomic mass is 9.97. The van der Waals surface area contributed by atoms with Gasteiger partial charge in [-0.2, -0.15) is 0 Å². The summed E-state index contributed by atoms with van der Waals surface area (Å²) in [5, 5.41) is 26.9. The molecule has 6 unspecified atom stereocenters. The van der Waals surface area contributed by atoms with Crippen LogP contribution in [0.4, 0.5) is 0 Å². The molecule has 0 aromatic heterocycles. The molecule has 0 radical (unpaired) electrons. The van der Waals surface area contributed by atoms with E-state index in [-0.39, 0.29) is 24.2 Å². The number of aliphatic hydroxyl groups is 1. The van der Waals surface area contributed by atoms with Gasteiger partial charge >= 0.3 is 5.97 Å². The molecule has 0 aliphatic rings. The summed E-state index contributed by atoms with van der Waals surface area (Å²) >= 11 is 0. The third-order valence-corrected chi connectivity index (χ3v) is 5.20. The van der Waals surface area contributed by atoms with Crippen molar-refractivity contribution >= 4 is 23.7 Å². The molecule has 10 nitrogen and oxygen atoms in total. The summed E-state index contributed by atoms with van der Waals surface area (Å²) in [7, 11) is 0. The van der Waals surface area contributed by atoms with Crippen LogP contribution in [0.2, 0.25) is 0 Å².